The first kappa shape index (κ1) is 13.1. The van der Waals surface area contributed by atoms with Gasteiger partial charge in [0.1, 0.15) is 0 Å². The molecule has 5 heteroatoms. The lowest BCUT2D eigenvalue weighted by molar-refractivity contribution is -0.126. The standard InChI is InChI=1S/C13H15BrN2O2/c1-8-3-4-10(9(14)5-8)16-12(18)13(2)6-11(17)15-7-13/h3-5H,6-7H2,1-2H3,(H,15,17)(H,16,18). The molecule has 2 N–H and O–H groups in total. The van der Waals surface area contributed by atoms with Crippen LogP contribution in [0.15, 0.2) is 22.7 Å². The number of nitrogens with one attached hydrogen (secondary N) is 2. The third-order valence-corrected chi connectivity index (χ3v) is 3.80. The van der Waals surface area contributed by atoms with Gasteiger partial charge in [0.25, 0.3) is 0 Å². The molecule has 2 amide bonds. The van der Waals surface area contributed by atoms with Crippen molar-refractivity contribution >= 4 is 33.4 Å². The Morgan fingerprint density at radius 3 is 2.78 bits per heavy atom. The van der Waals surface area contributed by atoms with Crippen molar-refractivity contribution in [1.82, 2.24) is 5.32 Å². The van der Waals surface area contributed by atoms with E-state index in [1.165, 1.54) is 0 Å². The number of hydrogen-bond acceptors (Lipinski definition) is 2. The van der Waals surface area contributed by atoms with Gasteiger partial charge in [0.05, 0.1) is 11.1 Å². The van der Waals surface area contributed by atoms with Crippen LogP contribution in [0.4, 0.5) is 5.69 Å². The monoisotopic (exact) mass is 310 g/mol. The van der Waals surface area contributed by atoms with Crippen LogP contribution in [0.2, 0.25) is 0 Å². The van der Waals surface area contributed by atoms with Gasteiger partial charge in [-0.3, -0.25) is 9.59 Å². The van der Waals surface area contributed by atoms with Crippen molar-refractivity contribution in [1.29, 1.82) is 0 Å². The van der Waals surface area contributed by atoms with E-state index in [4.69, 9.17) is 0 Å². The average Bonchev–Trinajstić information content (AvgIpc) is 2.64. The van der Waals surface area contributed by atoms with Gasteiger partial charge in [0.15, 0.2) is 0 Å². The molecule has 1 heterocycles. The Morgan fingerprint density at radius 2 is 2.22 bits per heavy atom. The highest BCUT2D eigenvalue weighted by atomic mass is 79.9. The number of rotatable bonds is 2. The molecule has 0 bridgehead atoms. The topological polar surface area (TPSA) is 58.2 Å². The molecule has 0 aliphatic carbocycles. The first-order valence-electron chi connectivity index (χ1n) is 5.75. The molecular formula is C13H15BrN2O2. The van der Waals surface area contributed by atoms with Gasteiger partial charge in [-0.05, 0) is 47.5 Å². The summed E-state index contributed by atoms with van der Waals surface area (Å²) in [5.74, 6) is -0.207. The molecule has 2 rings (SSSR count). The van der Waals surface area contributed by atoms with Crippen LogP contribution in [0.5, 0.6) is 0 Å². The minimum Gasteiger partial charge on any atom is -0.355 e. The van der Waals surface area contributed by atoms with Gasteiger partial charge in [-0.2, -0.15) is 0 Å². The van der Waals surface area contributed by atoms with Crippen molar-refractivity contribution in [2.24, 2.45) is 5.41 Å². The van der Waals surface area contributed by atoms with Crippen LogP contribution in [-0.2, 0) is 9.59 Å². The van der Waals surface area contributed by atoms with Gasteiger partial charge in [0, 0.05) is 17.4 Å². The highest BCUT2D eigenvalue weighted by molar-refractivity contribution is 9.10. The summed E-state index contributed by atoms with van der Waals surface area (Å²) in [6.45, 7) is 4.17. The second-order valence-electron chi connectivity index (χ2n) is 4.95. The summed E-state index contributed by atoms with van der Waals surface area (Å²) < 4.78 is 0.844. The number of amides is 2. The van der Waals surface area contributed by atoms with Crippen molar-refractivity contribution in [3.63, 3.8) is 0 Å². The van der Waals surface area contributed by atoms with Gasteiger partial charge in [-0.15, -0.1) is 0 Å². The van der Waals surface area contributed by atoms with E-state index >= 15 is 0 Å². The highest BCUT2D eigenvalue weighted by Gasteiger charge is 2.40. The van der Waals surface area contributed by atoms with Crippen LogP contribution in [0.1, 0.15) is 18.9 Å². The Kier molecular flexibility index (Phi) is 3.43. The number of aryl methyl sites for hydroxylation is 1. The number of anilines is 1. The van der Waals surface area contributed by atoms with Crippen LogP contribution >= 0.6 is 15.9 Å². The number of halogens is 1. The van der Waals surface area contributed by atoms with Crippen LogP contribution in [-0.4, -0.2) is 18.4 Å². The summed E-state index contributed by atoms with van der Waals surface area (Å²) in [7, 11) is 0. The summed E-state index contributed by atoms with van der Waals surface area (Å²) in [5, 5.41) is 5.55. The van der Waals surface area contributed by atoms with Gasteiger partial charge in [0.2, 0.25) is 11.8 Å². The average molecular weight is 311 g/mol. The number of benzene rings is 1. The van der Waals surface area contributed by atoms with Crippen LogP contribution in [0.25, 0.3) is 0 Å². The van der Waals surface area contributed by atoms with E-state index in [0.29, 0.717) is 6.54 Å². The maximum atomic E-state index is 12.2. The molecule has 4 nitrogen and oxygen atoms in total. The Labute approximate surface area is 114 Å². The fourth-order valence-electron chi connectivity index (χ4n) is 1.93. The van der Waals surface area contributed by atoms with Crippen molar-refractivity contribution in [3.8, 4) is 0 Å². The van der Waals surface area contributed by atoms with Crippen LogP contribution < -0.4 is 10.6 Å². The van der Waals surface area contributed by atoms with E-state index in [9.17, 15) is 9.59 Å². The van der Waals surface area contributed by atoms with E-state index < -0.39 is 5.41 Å². The third-order valence-electron chi connectivity index (χ3n) is 3.15. The number of carbonyl (C=O) groups is 2. The zero-order valence-corrected chi connectivity index (χ0v) is 11.9. The van der Waals surface area contributed by atoms with Crippen molar-refractivity contribution in [2.45, 2.75) is 20.3 Å². The molecule has 0 radical (unpaired) electrons. The lowest BCUT2D eigenvalue weighted by atomic mass is 9.88. The molecule has 1 unspecified atom stereocenters. The summed E-state index contributed by atoms with van der Waals surface area (Å²) in [6, 6.07) is 5.72. The maximum Gasteiger partial charge on any atom is 0.232 e. The smallest absolute Gasteiger partial charge is 0.232 e. The first-order chi connectivity index (χ1) is 8.40. The SMILES string of the molecule is Cc1ccc(NC(=O)C2(C)CNC(=O)C2)c(Br)c1. The molecule has 1 fully saturated rings. The molecule has 0 spiro atoms. The summed E-state index contributed by atoms with van der Waals surface area (Å²) >= 11 is 3.42. The zero-order valence-electron chi connectivity index (χ0n) is 10.3. The Morgan fingerprint density at radius 1 is 1.50 bits per heavy atom. The quantitative estimate of drug-likeness (QED) is 0.880. The third kappa shape index (κ3) is 2.56. The van der Waals surface area contributed by atoms with Crippen molar-refractivity contribution in [3.05, 3.63) is 28.2 Å². The normalized spacial score (nSPS) is 22.7. The fraction of sp³-hybridized carbons (Fsp3) is 0.385. The molecule has 0 saturated carbocycles. The maximum absolute atomic E-state index is 12.2. The van der Waals surface area contributed by atoms with E-state index in [1.807, 2.05) is 25.1 Å². The summed E-state index contributed by atoms with van der Waals surface area (Å²) in [4.78, 5) is 23.4. The van der Waals surface area contributed by atoms with Crippen LogP contribution in [0, 0.1) is 12.3 Å². The first-order valence-corrected chi connectivity index (χ1v) is 6.54. The molecule has 1 saturated heterocycles. The number of hydrogen-bond donors (Lipinski definition) is 2. The fourth-order valence-corrected chi connectivity index (χ4v) is 2.52. The van der Waals surface area contributed by atoms with E-state index in [0.717, 1.165) is 15.7 Å². The van der Waals surface area contributed by atoms with Crippen molar-refractivity contribution < 1.29 is 9.59 Å². The molecule has 1 aliphatic rings. The lowest BCUT2D eigenvalue weighted by Gasteiger charge is -2.21. The van der Waals surface area contributed by atoms with Gasteiger partial charge in [-0.1, -0.05) is 6.07 Å². The van der Waals surface area contributed by atoms with E-state index in [2.05, 4.69) is 26.6 Å². The largest absolute Gasteiger partial charge is 0.355 e. The Balaban J connectivity index is 2.14. The predicted octanol–water partition coefficient (Wildman–Crippen LogP) is 2.22. The van der Waals surface area contributed by atoms with Gasteiger partial charge >= 0.3 is 0 Å². The second kappa shape index (κ2) is 4.72. The number of carbonyl (C=O) groups excluding carboxylic acids is 2. The molecule has 1 aromatic rings. The molecule has 96 valence electrons. The zero-order chi connectivity index (χ0) is 13.3. The molecule has 18 heavy (non-hydrogen) atoms. The Hall–Kier alpha value is -1.36. The summed E-state index contributed by atoms with van der Waals surface area (Å²) in [6.07, 6.45) is 0.238. The second-order valence-corrected chi connectivity index (χ2v) is 5.81. The van der Waals surface area contributed by atoms with Gasteiger partial charge < -0.3 is 10.6 Å². The highest BCUT2D eigenvalue weighted by Crippen LogP contribution is 2.29. The molecule has 1 aromatic carbocycles. The lowest BCUT2D eigenvalue weighted by Crippen LogP contribution is -2.35. The van der Waals surface area contributed by atoms with Gasteiger partial charge in [-0.25, -0.2) is 0 Å². The Bertz CT molecular complexity index is 516. The van der Waals surface area contributed by atoms with E-state index in [1.54, 1.807) is 6.92 Å². The minimum atomic E-state index is -0.665. The predicted molar refractivity (Wildman–Crippen MR) is 73.2 cm³/mol. The minimum absolute atomic E-state index is 0.0735. The molecule has 1 atom stereocenters. The molecular weight excluding hydrogens is 296 g/mol. The van der Waals surface area contributed by atoms with Crippen molar-refractivity contribution in [2.75, 3.05) is 11.9 Å². The van der Waals surface area contributed by atoms with Crippen LogP contribution in [0.3, 0.4) is 0 Å². The van der Waals surface area contributed by atoms with E-state index in [-0.39, 0.29) is 18.2 Å². The summed E-state index contributed by atoms with van der Waals surface area (Å²) in [5.41, 5.74) is 1.18. The molecule has 1 aliphatic heterocycles. The molecule has 0 aromatic heterocycles.